The smallest absolute Gasteiger partial charge is 0.124 e. The van der Waals surface area contributed by atoms with Crippen molar-refractivity contribution >= 4 is 5.69 Å². The number of nitrogen functional groups attached to an aromatic ring is 1. The van der Waals surface area contributed by atoms with Gasteiger partial charge in [0, 0.05) is 37.1 Å². The molecule has 2 atom stereocenters. The van der Waals surface area contributed by atoms with Crippen LogP contribution in [0.3, 0.4) is 0 Å². The molecule has 3 rings (SSSR count). The van der Waals surface area contributed by atoms with Crippen LogP contribution in [-0.4, -0.2) is 31.5 Å². The highest BCUT2D eigenvalue weighted by atomic mass is 16.6. The first-order chi connectivity index (χ1) is 9.19. The molecule has 2 aliphatic heterocycles. The van der Waals surface area contributed by atoms with Gasteiger partial charge in [-0.25, -0.2) is 0 Å². The second-order valence-corrected chi connectivity index (χ2v) is 5.54. The van der Waals surface area contributed by atoms with E-state index in [0.717, 1.165) is 49.5 Å². The molecule has 2 aliphatic rings. The van der Waals surface area contributed by atoms with Crippen molar-refractivity contribution in [3.63, 3.8) is 0 Å². The predicted molar refractivity (Wildman–Crippen MR) is 73.4 cm³/mol. The van der Waals surface area contributed by atoms with Crippen LogP contribution in [0.15, 0.2) is 18.2 Å². The minimum absolute atomic E-state index is 0.114. The van der Waals surface area contributed by atoms with Gasteiger partial charge < -0.3 is 19.9 Å². The Kier molecular flexibility index (Phi) is 3.37. The number of hydrogen-bond donors (Lipinski definition) is 1. The van der Waals surface area contributed by atoms with Gasteiger partial charge in [0.25, 0.3) is 0 Å². The van der Waals surface area contributed by atoms with Gasteiger partial charge in [-0.2, -0.15) is 0 Å². The second kappa shape index (κ2) is 5.02. The van der Waals surface area contributed by atoms with Gasteiger partial charge in [-0.15, -0.1) is 0 Å². The summed E-state index contributed by atoms with van der Waals surface area (Å²) in [6.07, 6.45) is 3.00. The van der Waals surface area contributed by atoms with Gasteiger partial charge in [-0.1, -0.05) is 6.07 Å². The van der Waals surface area contributed by atoms with Crippen LogP contribution in [-0.2, 0) is 9.47 Å². The zero-order valence-electron chi connectivity index (χ0n) is 11.4. The lowest BCUT2D eigenvalue weighted by Crippen LogP contribution is -2.44. The molecule has 0 bridgehead atoms. The van der Waals surface area contributed by atoms with Gasteiger partial charge in [-0.05, 0) is 19.1 Å². The number of rotatable bonds is 2. The second-order valence-electron chi connectivity index (χ2n) is 5.54. The van der Waals surface area contributed by atoms with Crippen LogP contribution in [0.25, 0.3) is 0 Å². The Morgan fingerprint density at radius 2 is 2.26 bits per heavy atom. The molecule has 1 spiro atoms. The maximum absolute atomic E-state index is 6.14. The predicted octanol–water partition coefficient (Wildman–Crippen LogP) is 2.29. The third-order valence-corrected chi connectivity index (χ3v) is 4.13. The van der Waals surface area contributed by atoms with E-state index in [9.17, 15) is 0 Å². The van der Waals surface area contributed by atoms with E-state index < -0.39 is 0 Å². The summed E-state index contributed by atoms with van der Waals surface area (Å²) in [5.41, 5.74) is 7.60. The molecule has 1 aromatic rings. The van der Waals surface area contributed by atoms with Crippen LogP contribution in [0.1, 0.15) is 24.8 Å². The molecule has 0 amide bonds. The molecule has 0 saturated carbocycles. The number of anilines is 1. The maximum Gasteiger partial charge on any atom is 0.124 e. The molecule has 2 saturated heterocycles. The molecule has 1 aromatic carbocycles. The van der Waals surface area contributed by atoms with E-state index in [1.165, 1.54) is 0 Å². The highest BCUT2D eigenvalue weighted by Crippen LogP contribution is 2.35. The minimum Gasteiger partial charge on any atom is -0.490 e. The highest BCUT2D eigenvalue weighted by Gasteiger charge is 2.41. The SMILES string of the molecule is Cc1c(N)cccc1OC1CCOC2(CCOC2)C1. The van der Waals surface area contributed by atoms with E-state index in [2.05, 4.69) is 0 Å². The topological polar surface area (TPSA) is 53.7 Å². The first kappa shape index (κ1) is 12.8. The van der Waals surface area contributed by atoms with E-state index >= 15 is 0 Å². The molecule has 4 heteroatoms. The van der Waals surface area contributed by atoms with Crippen molar-refractivity contribution in [1.29, 1.82) is 0 Å². The van der Waals surface area contributed by atoms with Gasteiger partial charge in [0.15, 0.2) is 0 Å². The Morgan fingerprint density at radius 1 is 1.37 bits per heavy atom. The molecule has 2 fully saturated rings. The Hall–Kier alpha value is -1.26. The Balaban J connectivity index is 1.71. The summed E-state index contributed by atoms with van der Waals surface area (Å²) in [4.78, 5) is 0. The zero-order valence-corrected chi connectivity index (χ0v) is 11.4. The van der Waals surface area contributed by atoms with Crippen molar-refractivity contribution in [1.82, 2.24) is 0 Å². The van der Waals surface area contributed by atoms with Crippen LogP contribution in [0.2, 0.25) is 0 Å². The van der Waals surface area contributed by atoms with Gasteiger partial charge in [-0.3, -0.25) is 0 Å². The fraction of sp³-hybridized carbons (Fsp3) is 0.600. The third-order valence-electron chi connectivity index (χ3n) is 4.13. The number of benzene rings is 1. The average Bonchev–Trinajstić information content (AvgIpc) is 2.83. The fourth-order valence-corrected chi connectivity index (χ4v) is 2.89. The monoisotopic (exact) mass is 263 g/mol. The fourth-order valence-electron chi connectivity index (χ4n) is 2.89. The molecule has 0 aliphatic carbocycles. The summed E-state index contributed by atoms with van der Waals surface area (Å²) in [6.45, 7) is 4.24. The maximum atomic E-state index is 6.14. The molecule has 2 unspecified atom stereocenters. The summed E-state index contributed by atoms with van der Waals surface area (Å²) in [5, 5.41) is 0. The van der Waals surface area contributed by atoms with Crippen LogP contribution in [0.4, 0.5) is 5.69 Å². The first-order valence-electron chi connectivity index (χ1n) is 6.92. The van der Waals surface area contributed by atoms with E-state index in [1.807, 2.05) is 25.1 Å². The van der Waals surface area contributed by atoms with E-state index in [-0.39, 0.29) is 11.7 Å². The van der Waals surface area contributed by atoms with Crippen molar-refractivity contribution in [2.75, 3.05) is 25.6 Å². The Bertz CT molecular complexity index is 455. The van der Waals surface area contributed by atoms with Crippen LogP contribution in [0, 0.1) is 6.92 Å². The lowest BCUT2D eigenvalue weighted by Gasteiger charge is -2.37. The third kappa shape index (κ3) is 2.55. The molecular weight excluding hydrogens is 242 g/mol. The Morgan fingerprint density at radius 3 is 3.05 bits per heavy atom. The lowest BCUT2D eigenvalue weighted by molar-refractivity contribution is -0.112. The number of ether oxygens (including phenoxy) is 3. The first-order valence-corrected chi connectivity index (χ1v) is 6.92. The van der Waals surface area contributed by atoms with Crippen LogP contribution < -0.4 is 10.5 Å². The summed E-state index contributed by atoms with van der Waals surface area (Å²) >= 11 is 0. The standard InChI is InChI=1S/C15H21NO3/c1-11-13(16)3-2-4-14(11)19-12-5-7-18-15(9-12)6-8-17-10-15/h2-4,12H,5-10,16H2,1H3. The number of nitrogens with two attached hydrogens (primary N) is 1. The largest absolute Gasteiger partial charge is 0.490 e. The van der Waals surface area contributed by atoms with Gasteiger partial charge >= 0.3 is 0 Å². The minimum atomic E-state index is -0.114. The van der Waals surface area contributed by atoms with Gasteiger partial charge in [0.2, 0.25) is 0 Å². The molecule has 0 aromatic heterocycles. The summed E-state index contributed by atoms with van der Waals surface area (Å²) in [5.74, 6) is 0.890. The molecular formula is C15H21NO3. The van der Waals surface area contributed by atoms with Gasteiger partial charge in [0.05, 0.1) is 18.8 Å². The van der Waals surface area contributed by atoms with Crippen LogP contribution >= 0.6 is 0 Å². The van der Waals surface area contributed by atoms with Crippen molar-refractivity contribution in [2.45, 2.75) is 37.9 Å². The van der Waals surface area contributed by atoms with Crippen LogP contribution in [0.5, 0.6) is 5.75 Å². The molecule has 2 N–H and O–H groups in total. The Labute approximate surface area is 113 Å². The summed E-state index contributed by atoms with van der Waals surface area (Å²) in [7, 11) is 0. The van der Waals surface area contributed by atoms with Crippen molar-refractivity contribution < 1.29 is 14.2 Å². The summed E-state index contributed by atoms with van der Waals surface area (Å²) < 4.78 is 17.5. The average molecular weight is 263 g/mol. The highest BCUT2D eigenvalue weighted by molar-refractivity contribution is 5.53. The van der Waals surface area contributed by atoms with E-state index in [0.29, 0.717) is 6.61 Å². The van der Waals surface area contributed by atoms with Crippen molar-refractivity contribution in [2.24, 2.45) is 0 Å². The number of hydrogen-bond acceptors (Lipinski definition) is 4. The zero-order chi connectivity index (χ0) is 13.3. The molecule has 4 nitrogen and oxygen atoms in total. The van der Waals surface area contributed by atoms with Gasteiger partial charge in [0.1, 0.15) is 11.9 Å². The van der Waals surface area contributed by atoms with Crippen molar-refractivity contribution in [3.05, 3.63) is 23.8 Å². The van der Waals surface area contributed by atoms with E-state index in [1.54, 1.807) is 0 Å². The van der Waals surface area contributed by atoms with Crippen molar-refractivity contribution in [3.8, 4) is 5.75 Å². The summed E-state index contributed by atoms with van der Waals surface area (Å²) in [6, 6.07) is 5.82. The quantitative estimate of drug-likeness (QED) is 0.832. The molecule has 104 valence electrons. The molecule has 19 heavy (non-hydrogen) atoms. The lowest BCUT2D eigenvalue weighted by atomic mass is 9.91. The molecule has 2 heterocycles. The molecule has 0 radical (unpaired) electrons. The normalized spacial score (nSPS) is 30.7. The van der Waals surface area contributed by atoms with E-state index in [4.69, 9.17) is 19.9 Å².